The van der Waals surface area contributed by atoms with Crippen molar-refractivity contribution in [2.75, 3.05) is 0 Å². The molecule has 1 fully saturated rings. The molecule has 1 aromatic rings. The summed E-state index contributed by atoms with van der Waals surface area (Å²) in [6, 6.07) is 5.29. The number of ketones is 1. The second kappa shape index (κ2) is 7.95. The molecule has 8 heteroatoms. The highest BCUT2D eigenvalue weighted by Gasteiger charge is 2.48. The zero-order chi connectivity index (χ0) is 18.6. The molecule has 4 N–H and O–H groups in total. The van der Waals surface area contributed by atoms with E-state index in [0.717, 1.165) is 0 Å². The number of aliphatic hydroxyl groups excluding tert-OH is 1. The van der Waals surface area contributed by atoms with E-state index < -0.39 is 35.4 Å². The van der Waals surface area contributed by atoms with Gasteiger partial charge in [0.1, 0.15) is 17.7 Å². The monoisotopic (exact) mass is 369 g/mol. The first-order valence-electron chi connectivity index (χ1n) is 7.97. The van der Waals surface area contributed by atoms with E-state index in [1.807, 2.05) is 0 Å². The number of benzene rings is 1. The van der Waals surface area contributed by atoms with E-state index in [1.165, 1.54) is 0 Å². The molecule has 0 unspecified atom stereocenters. The van der Waals surface area contributed by atoms with E-state index in [0.29, 0.717) is 18.4 Å². The number of aliphatic hydroxyl groups is 1. The van der Waals surface area contributed by atoms with Gasteiger partial charge in [-0.15, -0.1) is 0 Å². The summed E-state index contributed by atoms with van der Waals surface area (Å²) in [5.74, 6) is -2.94. The predicted octanol–water partition coefficient (Wildman–Crippen LogP) is 1.56. The Kier molecular flexibility index (Phi) is 6.16. The number of hydrogen-bond donors (Lipinski definition) is 4. The molecule has 136 valence electrons. The molecule has 2 rings (SSSR count). The molecule has 0 heterocycles. The van der Waals surface area contributed by atoms with Crippen LogP contribution in [0.5, 0.6) is 0 Å². The lowest BCUT2D eigenvalue weighted by molar-refractivity contribution is -0.144. The summed E-state index contributed by atoms with van der Waals surface area (Å²) in [6.07, 6.45) is -0.731. The Labute approximate surface area is 149 Å². The van der Waals surface area contributed by atoms with Crippen molar-refractivity contribution in [1.29, 1.82) is 0 Å². The van der Waals surface area contributed by atoms with Gasteiger partial charge >= 0.3 is 11.9 Å². The fourth-order valence-electron chi connectivity index (χ4n) is 3.22. The van der Waals surface area contributed by atoms with Gasteiger partial charge in [-0.2, -0.15) is 0 Å². The Morgan fingerprint density at radius 1 is 1.32 bits per heavy atom. The van der Waals surface area contributed by atoms with Crippen LogP contribution in [-0.4, -0.2) is 45.2 Å². The van der Waals surface area contributed by atoms with Crippen LogP contribution in [0.4, 0.5) is 0 Å². The molecule has 1 saturated carbocycles. The van der Waals surface area contributed by atoms with E-state index in [9.17, 15) is 24.6 Å². The number of halogens is 1. The fourth-order valence-corrected chi connectivity index (χ4v) is 3.51. The molecule has 0 spiro atoms. The first-order chi connectivity index (χ1) is 11.8. The quantitative estimate of drug-likeness (QED) is 0.574. The minimum absolute atomic E-state index is 0.194. The second-order valence-electron chi connectivity index (χ2n) is 6.13. The van der Waals surface area contributed by atoms with E-state index in [-0.39, 0.29) is 24.3 Å². The molecular weight excluding hydrogens is 350 g/mol. The topological polar surface area (TPSA) is 124 Å². The van der Waals surface area contributed by atoms with Crippen LogP contribution in [0.3, 0.4) is 0 Å². The predicted molar refractivity (Wildman–Crippen MR) is 89.4 cm³/mol. The lowest BCUT2D eigenvalue weighted by Gasteiger charge is -2.41. The number of carbonyl (C=O) groups is 3. The number of carboxylic acid groups (broad SMARTS) is 2. The Balaban J connectivity index is 2.44. The first-order valence-corrected chi connectivity index (χ1v) is 8.35. The van der Waals surface area contributed by atoms with Crippen molar-refractivity contribution in [3.63, 3.8) is 0 Å². The zero-order valence-corrected chi connectivity index (χ0v) is 14.2. The molecule has 0 aliphatic heterocycles. The van der Waals surface area contributed by atoms with Crippen molar-refractivity contribution in [2.24, 2.45) is 0 Å². The van der Waals surface area contributed by atoms with Crippen molar-refractivity contribution in [1.82, 2.24) is 5.32 Å². The number of nitrogens with one attached hydrogen (secondary N) is 1. The summed E-state index contributed by atoms with van der Waals surface area (Å²) >= 11 is 6.24. The van der Waals surface area contributed by atoms with Gasteiger partial charge in [0.15, 0.2) is 5.78 Å². The van der Waals surface area contributed by atoms with Gasteiger partial charge < -0.3 is 15.3 Å². The lowest BCUT2D eigenvalue weighted by Crippen LogP contribution is -2.60. The largest absolute Gasteiger partial charge is 0.481 e. The highest BCUT2D eigenvalue weighted by atomic mass is 35.5. The average molecular weight is 370 g/mol. The fraction of sp³-hybridized carbons (Fsp3) is 0.471. The molecule has 3 atom stereocenters. The number of rotatable bonds is 7. The van der Waals surface area contributed by atoms with Crippen molar-refractivity contribution in [2.45, 2.75) is 49.8 Å². The zero-order valence-electron chi connectivity index (χ0n) is 13.4. The maximum atomic E-state index is 12.8. The van der Waals surface area contributed by atoms with Crippen molar-refractivity contribution in [3.05, 3.63) is 34.9 Å². The van der Waals surface area contributed by atoms with Crippen molar-refractivity contribution < 1.29 is 29.7 Å². The SMILES string of the molecule is O=C(O)CC[C@H](N[C@]1(c2ccccc2Cl)CCC[C@@H](O)C1=O)C(=O)O. The number of aliphatic carboxylic acids is 2. The Bertz CT molecular complexity index is 679. The lowest BCUT2D eigenvalue weighted by atomic mass is 9.73. The summed E-state index contributed by atoms with van der Waals surface area (Å²) in [4.78, 5) is 35.2. The van der Waals surface area contributed by atoms with Gasteiger partial charge in [0.2, 0.25) is 0 Å². The molecule has 1 aromatic carbocycles. The van der Waals surface area contributed by atoms with Gasteiger partial charge in [0, 0.05) is 11.4 Å². The number of Topliss-reactive ketones (excluding diaryl/α,β-unsaturated/α-hetero) is 1. The molecule has 1 aliphatic rings. The maximum Gasteiger partial charge on any atom is 0.320 e. The van der Waals surface area contributed by atoms with Gasteiger partial charge in [-0.3, -0.25) is 19.7 Å². The Hall–Kier alpha value is -1.96. The van der Waals surface area contributed by atoms with Crippen LogP contribution in [0.25, 0.3) is 0 Å². The third-order valence-electron chi connectivity index (χ3n) is 4.45. The van der Waals surface area contributed by atoms with Gasteiger partial charge in [0.05, 0.1) is 0 Å². The van der Waals surface area contributed by atoms with E-state index in [2.05, 4.69) is 5.32 Å². The molecule has 0 aromatic heterocycles. The van der Waals surface area contributed by atoms with Gasteiger partial charge in [-0.05, 0) is 37.3 Å². The summed E-state index contributed by atoms with van der Waals surface area (Å²) in [5, 5.41) is 31.4. The van der Waals surface area contributed by atoms with Gasteiger partial charge in [-0.25, -0.2) is 0 Å². The van der Waals surface area contributed by atoms with E-state index in [4.69, 9.17) is 16.7 Å². The first kappa shape index (κ1) is 19.4. The molecule has 25 heavy (non-hydrogen) atoms. The third kappa shape index (κ3) is 4.18. The van der Waals surface area contributed by atoms with E-state index in [1.54, 1.807) is 24.3 Å². The van der Waals surface area contributed by atoms with Crippen LogP contribution >= 0.6 is 11.6 Å². The minimum Gasteiger partial charge on any atom is -0.481 e. The minimum atomic E-state index is -1.46. The maximum absolute atomic E-state index is 12.8. The summed E-state index contributed by atoms with van der Waals surface area (Å²) in [5.41, 5.74) is -1.07. The average Bonchev–Trinajstić information content (AvgIpc) is 2.55. The molecule has 0 saturated heterocycles. The van der Waals surface area contributed by atoms with Crippen LogP contribution in [0.2, 0.25) is 5.02 Å². The molecule has 0 bridgehead atoms. The molecule has 7 nitrogen and oxygen atoms in total. The summed E-state index contributed by atoms with van der Waals surface area (Å²) in [7, 11) is 0. The van der Waals surface area contributed by atoms with Crippen LogP contribution in [0, 0.1) is 0 Å². The Morgan fingerprint density at radius 2 is 2.00 bits per heavy atom. The van der Waals surface area contributed by atoms with Crippen LogP contribution in [0.15, 0.2) is 24.3 Å². The Morgan fingerprint density at radius 3 is 2.60 bits per heavy atom. The van der Waals surface area contributed by atoms with Crippen molar-refractivity contribution >= 4 is 29.3 Å². The molecular formula is C17H20ClNO6. The van der Waals surface area contributed by atoms with Gasteiger partial charge in [-0.1, -0.05) is 29.8 Å². The van der Waals surface area contributed by atoms with Crippen LogP contribution < -0.4 is 5.32 Å². The van der Waals surface area contributed by atoms with Gasteiger partial charge in [0.25, 0.3) is 0 Å². The standard InChI is InChI=1S/C17H20ClNO6/c18-11-5-2-1-4-10(11)17(9-3-6-13(20)15(17)23)19-12(16(24)25)7-8-14(21)22/h1-2,4-5,12-13,19-20H,3,6-9H2,(H,21,22)(H,24,25)/t12-,13+,17-/m0/s1. The van der Waals surface area contributed by atoms with Crippen molar-refractivity contribution in [3.8, 4) is 0 Å². The number of hydrogen-bond acceptors (Lipinski definition) is 5. The second-order valence-corrected chi connectivity index (χ2v) is 6.53. The van der Waals surface area contributed by atoms with E-state index >= 15 is 0 Å². The van der Waals surface area contributed by atoms with Crippen LogP contribution in [0.1, 0.15) is 37.7 Å². The summed E-state index contributed by atoms with van der Waals surface area (Å²) in [6.45, 7) is 0. The normalized spacial score (nSPS) is 24.7. The molecule has 0 radical (unpaired) electrons. The highest BCUT2D eigenvalue weighted by Crippen LogP contribution is 2.38. The molecule has 0 amide bonds. The highest BCUT2D eigenvalue weighted by molar-refractivity contribution is 6.31. The molecule has 1 aliphatic carbocycles. The number of carboxylic acids is 2. The smallest absolute Gasteiger partial charge is 0.320 e. The third-order valence-corrected chi connectivity index (χ3v) is 4.78. The van der Waals surface area contributed by atoms with Crippen LogP contribution in [-0.2, 0) is 19.9 Å². The number of carbonyl (C=O) groups excluding carboxylic acids is 1. The summed E-state index contributed by atoms with van der Waals surface area (Å²) < 4.78 is 0.